The van der Waals surface area contributed by atoms with Crippen LogP contribution in [0.25, 0.3) is 0 Å². The van der Waals surface area contributed by atoms with E-state index in [0.29, 0.717) is 5.37 Å². The van der Waals surface area contributed by atoms with Crippen molar-refractivity contribution in [2.45, 2.75) is 10.3 Å². The van der Waals surface area contributed by atoms with Crippen LogP contribution >= 0.6 is 11.8 Å². The minimum absolute atomic E-state index is 0.367. The molecule has 4 heteroatoms. The number of nitrogens with zero attached hydrogens (tertiary/aromatic N) is 1. The Labute approximate surface area is 87.0 Å². The highest BCUT2D eigenvalue weighted by Crippen LogP contribution is 2.36. The topological polar surface area (TPSA) is 36.4 Å². The van der Waals surface area contributed by atoms with Crippen molar-refractivity contribution in [2.24, 2.45) is 4.99 Å². The van der Waals surface area contributed by atoms with Crippen LogP contribution in [0.15, 0.2) is 34.2 Å². The monoisotopic (exact) mass is 205 g/mol. The van der Waals surface area contributed by atoms with Gasteiger partial charge in [-0.2, -0.15) is 0 Å². The molecular formula is C10H11N3S. The number of hydrogen-bond donors (Lipinski definition) is 2. The van der Waals surface area contributed by atoms with Gasteiger partial charge in [0.25, 0.3) is 0 Å². The molecule has 1 aromatic carbocycles. The van der Waals surface area contributed by atoms with Crippen LogP contribution in [-0.2, 0) is 0 Å². The van der Waals surface area contributed by atoms with Gasteiger partial charge in [-0.15, -0.1) is 0 Å². The van der Waals surface area contributed by atoms with Crippen molar-refractivity contribution in [2.75, 3.05) is 13.2 Å². The van der Waals surface area contributed by atoms with Crippen LogP contribution < -0.4 is 10.6 Å². The smallest absolute Gasteiger partial charge is 0.0993 e. The lowest BCUT2D eigenvalue weighted by atomic mass is 10.2. The maximum Gasteiger partial charge on any atom is 0.0993 e. The minimum Gasteiger partial charge on any atom is -0.299 e. The summed E-state index contributed by atoms with van der Waals surface area (Å²) in [7, 11) is 0. The second-order valence-corrected chi connectivity index (χ2v) is 4.52. The van der Waals surface area contributed by atoms with Crippen molar-refractivity contribution in [1.82, 2.24) is 10.6 Å². The summed E-state index contributed by atoms with van der Waals surface area (Å²) in [6.07, 6.45) is 0. The predicted octanol–water partition coefficient (Wildman–Crippen LogP) is 1.34. The largest absolute Gasteiger partial charge is 0.299 e. The Hall–Kier alpha value is -0.840. The SMILES string of the molecule is c1ccc2c(c1)N=C1CNCNC1S2. The summed E-state index contributed by atoms with van der Waals surface area (Å²) in [5.74, 6) is 0. The van der Waals surface area contributed by atoms with Crippen molar-refractivity contribution in [3.63, 3.8) is 0 Å². The van der Waals surface area contributed by atoms with Crippen LogP contribution in [0.2, 0.25) is 0 Å². The molecule has 0 spiro atoms. The van der Waals surface area contributed by atoms with Crippen molar-refractivity contribution in [3.05, 3.63) is 24.3 Å². The van der Waals surface area contributed by atoms with Crippen LogP contribution in [0.3, 0.4) is 0 Å². The zero-order chi connectivity index (χ0) is 9.38. The zero-order valence-electron chi connectivity index (χ0n) is 7.66. The highest BCUT2D eigenvalue weighted by Gasteiger charge is 2.25. The van der Waals surface area contributed by atoms with E-state index in [4.69, 9.17) is 0 Å². The molecule has 3 rings (SSSR count). The third-order valence-corrected chi connectivity index (χ3v) is 3.67. The maximum atomic E-state index is 4.64. The standard InChI is InChI=1S/C10H11N3S/c1-2-4-9-7(3-1)13-8-5-11-6-12-10(8)14-9/h1-4,10-12H,5-6H2. The van der Waals surface area contributed by atoms with E-state index in [2.05, 4.69) is 33.8 Å². The van der Waals surface area contributed by atoms with Crippen molar-refractivity contribution in [1.29, 1.82) is 0 Å². The number of rotatable bonds is 0. The van der Waals surface area contributed by atoms with E-state index in [1.165, 1.54) is 10.6 Å². The van der Waals surface area contributed by atoms with Crippen LogP contribution in [0, 0.1) is 0 Å². The van der Waals surface area contributed by atoms with E-state index in [0.717, 1.165) is 18.9 Å². The van der Waals surface area contributed by atoms with Gasteiger partial charge in [0.1, 0.15) is 0 Å². The summed E-state index contributed by atoms with van der Waals surface area (Å²) >= 11 is 1.86. The van der Waals surface area contributed by atoms with Gasteiger partial charge < -0.3 is 0 Å². The molecule has 1 unspecified atom stereocenters. The summed E-state index contributed by atoms with van der Waals surface area (Å²) < 4.78 is 0. The highest BCUT2D eigenvalue weighted by atomic mass is 32.2. The molecule has 0 aromatic heterocycles. The van der Waals surface area contributed by atoms with E-state index < -0.39 is 0 Å². The lowest BCUT2D eigenvalue weighted by molar-refractivity contribution is 0.602. The van der Waals surface area contributed by atoms with Crippen LogP contribution in [-0.4, -0.2) is 24.3 Å². The van der Waals surface area contributed by atoms with Crippen molar-refractivity contribution < 1.29 is 0 Å². The van der Waals surface area contributed by atoms with Gasteiger partial charge in [-0.3, -0.25) is 15.6 Å². The lowest BCUT2D eigenvalue weighted by Gasteiger charge is -2.29. The van der Waals surface area contributed by atoms with Gasteiger partial charge in [0, 0.05) is 18.1 Å². The Kier molecular flexibility index (Phi) is 2.05. The van der Waals surface area contributed by atoms with Gasteiger partial charge in [-0.05, 0) is 12.1 Å². The second kappa shape index (κ2) is 3.38. The summed E-state index contributed by atoms with van der Waals surface area (Å²) in [6.45, 7) is 1.78. The Bertz CT molecular complexity index is 389. The number of thioether (sulfide) groups is 1. The molecule has 2 heterocycles. The lowest BCUT2D eigenvalue weighted by Crippen LogP contribution is -2.50. The van der Waals surface area contributed by atoms with E-state index in [1.54, 1.807) is 0 Å². The Balaban J connectivity index is 2.03. The Morgan fingerprint density at radius 3 is 3.29 bits per heavy atom. The summed E-state index contributed by atoms with van der Waals surface area (Å²) in [5.41, 5.74) is 2.31. The second-order valence-electron chi connectivity index (χ2n) is 3.38. The number of nitrogens with one attached hydrogen (secondary N) is 2. The molecule has 0 saturated carbocycles. The van der Waals surface area contributed by atoms with Gasteiger partial charge in [-0.25, -0.2) is 0 Å². The Morgan fingerprint density at radius 2 is 2.29 bits per heavy atom. The molecule has 14 heavy (non-hydrogen) atoms. The molecule has 1 fully saturated rings. The van der Waals surface area contributed by atoms with Crippen molar-refractivity contribution in [3.8, 4) is 0 Å². The van der Waals surface area contributed by atoms with Crippen LogP contribution in [0.5, 0.6) is 0 Å². The predicted molar refractivity (Wildman–Crippen MR) is 59.2 cm³/mol. The molecule has 0 aliphatic carbocycles. The molecule has 1 aromatic rings. The third kappa shape index (κ3) is 1.35. The average Bonchev–Trinajstić information content (AvgIpc) is 2.26. The van der Waals surface area contributed by atoms with Gasteiger partial charge in [0.2, 0.25) is 0 Å². The van der Waals surface area contributed by atoms with Crippen LogP contribution in [0.4, 0.5) is 5.69 Å². The number of aliphatic imine (C=N–C) groups is 1. The molecule has 2 N–H and O–H groups in total. The van der Waals surface area contributed by atoms with Gasteiger partial charge >= 0.3 is 0 Å². The fourth-order valence-electron chi connectivity index (χ4n) is 1.70. The molecule has 3 nitrogen and oxygen atoms in total. The molecule has 0 bridgehead atoms. The molecule has 1 atom stereocenters. The molecule has 2 aliphatic rings. The molecular weight excluding hydrogens is 194 g/mol. The highest BCUT2D eigenvalue weighted by molar-refractivity contribution is 8.00. The number of para-hydroxylation sites is 1. The first kappa shape index (κ1) is 8.47. The zero-order valence-corrected chi connectivity index (χ0v) is 8.47. The normalized spacial score (nSPS) is 24.9. The van der Waals surface area contributed by atoms with E-state index >= 15 is 0 Å². The van der Waals surface area contributed by atoms with Gasteiger partial charge in [0.05, 0.1) is 16.8 Å². The van der Waals surface area contributed by atoms with Crippen LogP contribution in [0.1, 0.15) is 0 Å². The fraction of sp³-hybridized carbons (Fsp3) is 0.300. The Morgan fingerprint density at radius 1 is 1.36 bits per heavy atom. The summed E-state index contributed by atoms with van der Waals surface area (Å²) in [6, 6.07) is 8.30. The summed E-state index contributed by atoms with van der Waals surface area (Å²) in [5, 5.41) is 7.01. The first-order valence-corrected chi connectivity index (χ1v) is 5.59. The van der Waals surface area contributed by atoms with E-state index in [9.17, 15) is 0 Å². The maximum absolute atomic E-state index is 4.64. The first-order chi connectivity index (χ1) is 6.93. The molecule has 1 saturated heterocycles. The summed E-state index contributed by atoms with van der Waals surface area (Å²) in [4.78, 5) is 5.91. The molecule has 0 radical (unpaired) electrons. The van der Waals surface area contributed by atoms with Gasteiger partial charge in [-0.1, -0.05) is 23.9 Å². The first-order valence-electron chi connectivity index (χ1n) is 4.71. The number of benzene rings is 1. The average molecular weight is 205 g/mol. The number of fused-ring (bicyclic) bond motifs is 2. The quantitative estimate of drug-likeness (QED) is 0.671. The number of hydrogen-bond acceptors (Lipinski definition) is 4. The molecule has 0 amide bonds. The van der Waals surface area contributed by atoms with E-state index in [-0.39, 0.29) is 0 Å². The van der Waals surface area contributed by atoms with Gasteiger partial charge in [0.15, 0.2) is 0 Å². The van der Waals surface area contributed by atoms with Crippen molar-refractivity contribution >= 4 is 23.2 Å². The fourth-order valence-corrected chi connectivity index (χ4v) is 2.79. The third-order valence-electron chi connectivity index (χ3n) is 2.40. The minimum atomic E-state index is 0.367. The molecule has 72 valence electrons. The van der Waals surface area contributed by atoms with E-state index in [1.807, 2.05) is 17.8 Å². The molecule has 2 aliphatic heterocycles.